The Morgan fingerprint density at radius 1 is 1.53 bits per heavy atom. The van der Waals surface area contributed by atoms with Crippen molar-refractivity contribution in [2.45, 2.75) is 13.5 Å². The summed E-state index contributed by atoms with van der Waals surface area (Å²) < 4.78 is 0. The van der Waals surface area contributed by atoms with Gasteiger partial charge in [0.1, 0.15) is 5.75 Å². The second-order valence-electron chi connectivity index (χ2n) is 3.04. The van der Waals surface area contributed by atoms with Crippen molar-refractivity contribution in [2.24, 2.45) is 0 Å². The highest BCUT2D eigenvalue weighted by Gasteiger charge is 2.18. The summed E-state index contributed by atoms with van der Waals surface area (Å²) in [4.78, 5) is 20.5. The van der Waals surface area contributed by atoms with Gasteiger partial charge >= 0.3 is 5.97 Å². The molecule has 1 rings (SSSR count). The molecule has 6 heteroatoms. The van der Waals surface area contributed by atoms with Crippen molar-refractivity contribution in [1.82, 2.24) is 0 Å². The quantitative estimate of drug-likeness (QED) is 0.577. The molecule has 15 heavy (non-hydrogen) atoms. The molecule has 0 bridgehead atoms. The lowest BCUT2D eigenvalue weighted by Gasteiger charge is -2.07. The molecular weight excluding hydrogens is 202 g/mol. The van der Waals surface area contributed by atoms with Crippen molar-refractivity contribution in [3.63, 3.8) is 0 Å². The first kappa shape index (κ1) is 11.0. The average molecular weight is 211 g/mol. The lowest BCUT2D eigenvalue weighted by atomic mass is 10.0. The Balaban J connectivity index is 3.33. The van der Waals surface area contributed by atoms with E-state index in [2.05, 4.69) is 0 Å². The van der Waals surface area contributed by atoms with Crippen molar-refractivity contribution < 1.29 is 19.9 Å². The first-order chi connectivity index (χ1) is 6.93. The molecular formula is C9H9NO5. The number of carboxylic acids is 1. The predicted octanol–water partition coefficient (Wildman–Crippen LogP) is 1.18. The SMILES string of the molecule is Cc1c(O)ccc(C[N+](=O)[O-])c1C(=O)O. The number of phenolic OH excluding ortho intramolecular Hbond substituents is 1. The molecule has 1 aromatic carbocycles. The first-order valence-electron chi connectivity index (χ1n) is 4.10. The van der Waals surface area contributed by atoms with E-state index in [1.165, 1.54) is 19.1 Å². The molecule has 0 fully saturated rings. The summed E-state index contributed by atoms with van der Waals surface area (Å²) in [6.07, 6.45) is 0. The first-order valence-corrected chi connectivity index (χ1v) is 4.10. The standard InChI is InChI=1S/C9H9NO5/c1-5-7(11)3-2-6(4-10(14)15)8(5)9(12)13/h2-3,11H,4H2,1H3,(H,12,13). The molecule has 0 atom stereocenters. The second-order valence-corrected chi connectivity index (χ2v) is 3.04. The van der Waals surface area contributed by atoms with Crippen LogP contribution in [0.2, 0.25) is 0 Å². The van der Waals surface area contributed by atoms with Crippen molar-refractivity contribution in [3.05, 3.63) is 38.9 Å². The molecule has 0 aromatic heterocycles. The van der Waals surface area contributed by atoms with Gasteiger partial charge < -0.3 is 10.2 Å². The second kappa shape index (κ2) is 3.95. The van der Waals surface area contributed by atoms with Crippen LogP contribution in [0.1, 0.15) is 21.5 Å². The Hall–Kier alpha value is -2.11. The van der Waals surface area contributed by atoms with Gasteiger partial charge in [-0.2, -0.15) is 0 Å². The summed E-state index contributed by atoms with van der Waals surface area (Å²) in [5, 5.41) is 28.4. The molecule has 0 radical (unpaired) electrons. The highest BCUT2D eigenvalue weighted by molar-refractivity contribution is 5.91. The van der Waals surface area contributed by atoms with E-state index < -0.39 is 17.4 Å². The molecule has 80 valence electrons. The molecule has 0 aliphatic heterocycles. The predicted molar refractivity (Wildman–Crippen MR) is 50.5 cm³/mol. The topological polar surface area (TPSA) is 101 Å². The molecule has 0 amide bonds. The molecule has 0 heterocycles. The number of rotatable bonds is 3. The van der Waals surface area contributed by atoms with Crippen LogP contribution in [0.15, 0.2) is 12.1 Å². The molecule has 0 aliphatic carbocycles. The van der Waals surface area contributed by atoms with Crippen LogP contribution in [0.5, 0.6) is 5.75 Å². The molecule has 0 unspecified atom stereocenters. The zero-order valence-corrected chi connectivity index (χ0v) is 7.93. The number of carbonyl (C=O) groups is 1. The number of hydrogen-bond acceptors (Lipinski definition) is 4. The van der Waals surface area contributed by atoms with Gasteiger partial charge in [0.25, 0.3) is 0 Å². The number of nitrogens with zero attached hydrogens (tertiary/aromatic N) is 1. The fraction of sp³-hybridized carbons (Fsp3) is 0.222. The molecule has 2 N–H and O–H groups in total. The van der Waals surface area contributed by atoms with Crippen molar-refractivity contribution in [2.75, 3.05) is 0 Å². The number of aromatic carboxylic acids is 1. The van der Waals surface area contributed by atoms with Crippen LogP contribution in [-0.2, 0) is 6.54 Å². The van der Waals surface area contributed by atoms with E-state index in [4.69, 9.17) is 5.11 Å². The Labute approximate surface area is 84.9 Å². The van der Waals surface area contributed by atoms with E-state index >= 15 is 0 Å². The zero-order valence-electron chi connectivity index (χ0n) is 7.93. The van der Waals surface area contributed by atoms with Crippen LogP contribution >= 0.6 is 0 Å². The Bertz CT molecular complexity index is 427. The zero-order chi connectivity index (χ0) is 11.6. The van der Waals surface area contributed by atoms with E-state index in [1.807, 2.05) is 0 Å². The van der Waals surface area contributed by atoms with Gasteiger partial charge in [0, 0.05) is 16.1 Å². The van der Waals surface area contributed by atoms with Gasteiger partial charge in [-0.1, -0.05) is 0 Å². The van der Waals surface area contributed by atoms with Gasteiger partial charge in [0.05, 0.1) is 5.56 Å². The molecule has 0 saturated heterocycles. The number of phenols is 1. The summed E-state index contributed by atoms with van der Waals surface area (Å²) in [5.74, 6) is -1.46. The minimum atomic E-state index is -1.28. The molecule has 0 spiro atoms. The lowest BCUT2D eigenvalue weighted by molar-refractivity contribution is -0.496. The summed E-state index contributed by atoms with van der Waals surface area (Å²) in [7, 11) is 0. The van der Waals surface area contributed by atoms with Crippen LogP contribution in [0.25, 0.3) is 0 Å². The molecule has 0 aliphatic rings. The third-order valence-electron chi connectivity index (χ3n) is 2.04. The smallest absolute Gasteiger partial charge is 0.336 e. The Morgan fingerprint density at radius 3 is 2.60 bits per heavy atom. The fourth-order valence-corrected chi connectivity index (χ4v) is 1.33. The molecule has 1 aromatic rings. The number of hydrogen-bond donors (Lipinski definition) is 2. The van der Waals surface area contributed by atoms with Gasteiger partial charge in [-0.25, -0.2) is 4.79 Å². The summed E-state index contributed by atoms with van der Waals surface area (Å²) in [5.41, 5.74) is 0.0244. The third kappa shape index (κ3) is 2.22. The van der Waals surface area contributed by atoms with Crippen molar-refractivity contribution >= 4 is 5.97 Å². The van der Waals surface area contributed by atoms with Gasteiger partial charge in [-0.05, 0) is 19.1 Å². The number of aromatic hydroxyl groups is 1. The maximum absolute atomic E-state index is 10.8. The van der Waals surface area contributed by atoms with Crippen LogP contribution in [-0.4, -0.2) is 21.1 Å². The van der Waals surface area contributed by atoms with Gasteiger partial charge in [0.2, 0.25) is 6.54 Å². The third-order valence-corrected chi connectivity index (χ3v) is 2.04. The minimum absolute atomic E-state index is 0.0859. The van der Waals surface area contributed by atoms with Gasteiger partial charge in [-0.15, -0.1) is 0 Å². The normalized spacial score (nSPS) is 9.93. The van der Waals surface area contributed by atoms with Crippen LogP contribution < -0.4 is 0 Å². The van der Waals surface area contributed by atoms with Crippen LogP contribution in [0, 0.1) is 17.0 Å². The largest absolute Gasteiger partial charge is 0.508 e. The van der Waals surface area contributed by atoms with Gasteiger partial charge in [-0.3, -0.25) is 10.1 Å². The average Bonchev–Trinajstić information content (AvgIpc) is 2.10. The minimum Gasteiger partial charge on any atom is -0.508 e. The van der Waals surface area contributed by atoms with Crippen LogP contribution in [0.3, 0.4) is 0 Å². The van der Waals surface area contributed by atoms with E-state index in [-0.39, 0.29) is 22.4 Å². The number of benzene rings is 1. The maximum atomic E-state index is 10.8. The summed E-state index contributed by atoms with van der Waals surface area (Å²) in [6.45, 7) is 0.838. The lowest BCUT2D eigenvalue weighted by Crippen LogP contribution is -2.09. The highest BCUT2D eigenvalue weighted by atomic mass is 16.6. The van der Waals surface area contributed by atoms with Crippen molar-refractivity contribution in [3.8, 4) is 5.75 Å². The van der Waals surface area contributed by atoms with Crippen LogP contribution in [0.4, 0.5) is 0 Å². The van der Waals surface area contributed by atoms with E-state index in [1.54, 1.807) is 0 Å². The van der Waals surface area contributed by atoms with E-state index in [0.717, 1.165) is 0 Å². The number of nitro groups is 1. The van der Waals surface area contributed by atoms with Crippen molar-refractivity contribution in [1.29, 1.82) is 0 Å². The van der Waals surface area contributed by atoms with E-state index in [9.17, 15) is 20.0 Å². The summed E-state index contributed by atoms with van der Waals surface area (Å²) >= 11 is 0. The Kier molecular flexibility index (Phi) is 2.89. The maximum Gasteiger partial charge on any atom is 0.336 e. The molecule has 0 saturated carbocycles. The monoisotopic (exact) mass is 211 g/mol. The molecule has 6 nitrogen and oxygen atoms in total. The highest BCUT2D eigenvalue weighted by Crippen LogP contribution is 2.24. The van der Waals surface area contributed by atoms with E-state index in [0.29, 0.717) is 0 Å². The summed E-state index contributed by atoms with van der Waals surface area (Å²) in [6, 6.07) is 2.50. The van der Waals surface area contributed by atoms with Gasteiger partial charge in [0.15, 0.2) is 0 Å². The fourth-order valence-electron chi connectivity index (χ4n) is 1.33. The number of carboxylic acid groups (broad SMARTS) is 1. The Morgan fingerprint density at radius 2 is 2.13 bits per heavy atom.